The summed E-state index contributed by atoms with van der Waals surface area (Å²) in [5, 5.41) is 7.88. The van der Waals surface area contributed by atoms with Gasteiger partial charge in [-0.15, -0.1) is 0 Å². The van der Waals surface area contributed by atoms with Gasteiger partial charge in [0.15, 0.2) is 0 Å². The fourth-order valence-corrected chi connectivity index (χ4v) is 4.65. The summed E-state index contributed by atoms with van der Waals surface area (Å²) in [6.07, 6.45) is 4.60. The van der Waals surface area contributed by atoms with Crippen molar-refractivity contribution >= 4 is 17.6 Å². The number of carbonyl (C=O) groups is 2. The number of hydrogen-bond donors (Lipinski definition) is 1. The van der Waals surface area contributed by atoms with Gasteiger partial charge in [-0.05, 0) is 50.5 Å². The standard InChI is InChI=1S/C23H32N4O4/c1-4-17-20-19(13-23(14-24-21(20)28)6-10-30-11-7-23)27(26-17)8-5-9-31-22(29)18-12-15(2)16(3)25-18/h4-14H2,1-3H3,(H,24,28). The van der Waals surface area contributed by atoms with Gasteiger partial charge in [-0.1, -0.05) is 6.92 Å². The van der Waals surface area contributed by atoms with Gasteiger partial charge in [0.1, 0.15) is 5.71 Å². The van der Waals surface area contributed by atoms with Gasteiger partial charge in [0.2, 0.25) is 0 Å². The first-order chi connectivity index (χ1) is 14.9. The molecule has 4 rings (SSSR count). The van der Waals surface area contributed by atoms with Crippen molar-refractivity contribution in [2.75, 3.05) is 26.4 Å². The van der Waals surface area contributed by atoms with Crippen LogP contribution in [0.15, 0.2) is 16.3 Å². The number of amides is 1. The van der Waals surface area contributed by atoms with Crippen LogP contribution < -0.4 is 5.32 Å². The first kappa shape index (κ1) is 21.7. The van der Waals surface area contributed by atoms with Crippen molar-refractivity contribution in [2.24, 2.45) is 10.4 Å². The highest BCUT2D eigenvalue weighted by atomic mass is 16.5. The lowest BCUT2D eigenvalue weighted by atomic mass is 9.76. The first-order valence-electron chi connectivity index (χ1n) is 11.3. The molecule has 1 amide bonds. The van der Waals surface area contributed by atoms with Crippen LogP contribution in [-0.4, -0.2) is 53.7 Å². The average molecular weight is 429 g/mol. The van der Waals surface area contributed by atoms with Crippen LogP contribution in [0.2, 0.25) is 0 Å². The SMILES string of the molecule is CCc1nn(CCCOC(=O)C2=NC(C)=C(C)C2)c2c1C(=O)NCC1(CCOCC1)C2. The molecular weight excluding hydrogens is 396 g/mol. The number of hydrogen-bond acceptors (Lipinski definition) is 6. The van der Waals surface area contributed by atoms with Crippen molar-refractivity contribution in [3.05, 3.63) is 28.2 Å². The average Bonchev–Trinajstić information content (AvgIpc) is 3.25. The largest absolute Gasteiger partial charge is 0.461 e. The zero-order valence-corrected chi connectivity index (χ0v) is 18.8. The third-order valence-corrected chi connectivity index (χ3v) is 6.75. The van der Waals surface area contributed by atoms with E-state index in [1.54, 1.807) is 0 Å². The number of aliphatic imine (C=N–C) groups is 1. The van der Waals surface area contributed by atoms with Gasteiger partial charge >= 0.3 is 5.97 Å². The summed E-state index contributed by atoms with van der Waals surface area (Å²) >= 11 is 0. The number of aromatic nitrogens is 2. The first-order valence-corrected chi connectivity index (χ1v) is 11.3. The van der Waals surface area contributed by atoms with E-state index in [0.29, 0.717) is 44.7 Å². The Kier molecular flexibility index (Phi) is 6.27. The number of nitrogens with zero attached hydrogens (tertiary/aromatic N) is 3. The highest BCUT2D eigenvalue weighted by molar-refractivity contribution is 6.37. The lowest BCUT2D eigenvalue weighted by Gasteiger charge is -2.36. The van der Waals surface area contributed by atoms with Crippen LogP contribution in [-0.2, 0) is 33.7 Å². The zero-order valence-electron chi connectivity index (χ0n) is 18.8. The van der Waals surface area contributed by atoms with Crippen molar-refractivity contribution < 1.29 is 19.1 Å². The molecule has 31 heavy (non-hydrogen) atoms. The van der Waals surface area contributed by atoms with Crippen LogP contribution in [0.5, 0.6) is 0 Å². The molecule has 0 aliphatic carbocycles. The van der Waals surface area contributed by atoms with Crippen LogP contribution >= 0.6 is 0 Å². The molecule has 0 atom stereocenters. The molecule has 8 heteroatoms. The smallest absolute Gasteiger partial charge is 0.353 e. The van der Waals surface area contributed by atoms with Gasteiger partial charge in [0.25, 0.3) is 5.91 Å². The van der Waals surface area contributed by atoms with Crippen LogP contribution in [0.3, 0.4) is 0 Å². The number of esters is 1. The molecular formula is C23H32N4O4. The maximum Gasteiger partial charge on any atom is 0.353 e. The fraction of sp³-hybridized carbons (Fsp3) is 0.652. The second-order valence-electron chi connectivity index (χ2n) is 8.91. The summed E-state index contributed by atoms with van der Waals surface area (Å²) in [7, 11) is 0. The predicted molar refractivity (Wildman–Crippen MR) is 116 cm³/mol. The number of rotatable bonds is 6. The van der Waals surface area contributed by atoms with E-state index in [2.05, 4.69) is 10.3 Å². The lowest BCUT2D eigenvalue weighted by molar-refractivity contribution is -0.135. The molecule has 0 unspecified atom stereocenters. The lowest BCUT2D eigenvalue weighted by Crippen LogP contribution is -2.40. The molecule has 3 aliphatic heterocycles. The minimum atomic E-state index is -0.342. The summed E-state index contributed by atoms with van der Waals surface area (Å²) in [4.78, 5) is 29.4. The Balaban J connectivity index is 1.43. The molecule has 1 aromatic rings. The molecule has 1 aromatic heterocycles. The summed E-state index contributed by atoms with van der Waals surface area (Å²) in [5.74, 6) is -0.365. The Morgan fingerprint density at radius 2 is 2.06 bits per heavy atom. The molecule has 0 radical (unpaired) electrons. The normalized spacial score (nSPS) is 20.4. The number of ether oxygens (including phenoxy) is 2. The molecule has 1 spiro atoms. The zero-order chi connectivity index (χ0) is 22.0. The minimum absolute atomic E-state index is 0.0228. The number of aryl methyl sites for hydroxylation is 2. The van der Waals surface area contributed by atoms with E-state index in [1.807, 2.05) is 25.5 Å². The van der Waals surface area contributed by atoms with Gasteiger partial charge in [-0.25, -0.2) is 4.79 Å². The van der Waals surface area contributed by atoms with Crippen LogP contribution in [0.25, 0.3) is 0 Å². The summed E-state index contributed by atoms with van der Waals surface area (Å²) in [6.45, 7) is 8.97. The summed E-state index contributed by atoms with van der Waals surface area (Å²) < 4.78 is 13.0. The van der Waals surface area contributed by atoms with E-state index in [4.69, 9.17) is 14.6 Å². The van der Waals surface area contributed by atoms with Crippen molar-refractivity contribution in [1.29, 1.82) is 0 Å². The predicted octanol–water partition coefficient (Wildman–Crippen LogP) is 2.60. The Bertz CT molecular complexity index is 938. The van der Waals surface area contributed by atoms with E-state index in [9.17, 15) is 9.59 Å². The fourth-order valence-electron chi connectivity index (χ4n) is 4.65. The molecule has 1 saturated heterocycles. The third-order valence-electron chi connectivity index (χ3n) is 6.75. The summed E-state index contributed by atoms with van der Waals surface area (Å²) in [6, 6.07) is 0. The number of fused-ring (bicyclic) bond motifs is 1. The van der Waals surface area contributed by atoms with Crippen molar-refractivity contribution in [3.63, 3.8) is 0 Å². The molecule has 0 bridgehead atoms. The number of nitrogens with one attached hydrogen (secondary N) is 1. The summed E-state index contributed by atoms with van der Waals surface area (Å²) in [5.41, 5.74) is 5.10. The van der Waals surface area contributed by atoms with Gasteiger partial charge in [0, 0.05) is 44.8 Å². The third kappa shape index (κ3) is 4.44. The Labute approximate surface area is 183 Å². The van der Waals surface area contributed by atoms with E-state index < -0.39 is 0 Å². The molecule has 1 fully saturated rings. The molecule has 8 nitrogen and oxygen atoms in total. The Morgan fingerprint density at radius 1 is 1.29 bits per heavy atom. The second-order valence-corrected chi connectivity index (χ2v) is 8.91. The minimum Gasteiger partial charge on any atom is -0.461 e. The number of allylic oxidation sites excluding steroid dienone is 2. The number of carbonyl (C=O) groups excluding carboxylic acids is 2. The highest BCUT2D eigenvalue weighted by Crippen LogP contribution is 2.37. The Hall–Kier alpha value is -2.48. The van der Waals surface area contributed by atoms with Crippen molar-refractivity contribution in [2.45, 2.75) is 65.8 Å². The maximum absolute atomic E-state index is 12.9. The molecule has 0 saturated carbocycles. The van der Waals surface area contributed by atoms with Gasteiger partial charge in [-0.3, -0.25) is 14.5 Å². The van der Waals surface area contributed by atoms with Crippen LogP contribution in [0, 0.1) is 5.41 Å². The molecule has 168 valence electrons. The van der Waals surface area contributed by atoms with E-state index in [-0.39, 0.29) is 17.3 Å². The van der Waals surface area contributed by atoms with Crippen molar-refractivity contribution in [3.8, 4) is 0 Å². The van der Waals surface area contributed by atoms with Gasteiger partial charge in [-0.2, -0.15) is 5.10 Å². The van der Waals surface area contributed by atoms with E-state index in [0.717, 1.165) is 60.7 Å². The molecule has 4 heterocycles. The Morgan fingerprint density at radius 3 is 2.74 bits per heavy atom. The van der Waals surface area contributed by atoms with Crippen LogP contribution in [0.4, 0.5) is 0 Å². The van der Waals surface area contributed by atoms with Crippen molar-refractivity contribution in [1.82, 2.24) is 15.1 Å². The molecule has 3 aliphatic rings. The van der Waals surface area contributed by atoms with Gasteiger partial charge in [0.05, 0.1) is 23.6 Å². The second kappa shape index (κ2) is 8.94. The van der Waals surface area contributed by atoms with Crippen LogP contribution in [0.1, 0.15) is 68.2 Å². The van der Waals surface area contributed by atoms with Gasteiger partial charge < -0.3 is 14.8 Å². The highest BCUT2D eigenvalue weighted by Gasteiger charge is 2.39. The van der Waals surface area contributed by atoms with E-state index >= 15 is 0 Å². The molecule has 0 aromatic carbocycles. The molecule has 1 N–H and O–H groups in total. The van der Waals surface area contributed by atoms with E-state index in [1.165, 1.54) is 0 Å². The monoisotopic (exact) mass is 428 g/mol. The topological polar surface area (TPSA) is 94.8 Å². The maximum atomic E-state index is 12.9. The quantitative estimate of drug-likeness (QED) is 0.555.